The van der Waals surface area contributed by atoms with E-state index in [0.29, 0.717) is 11.5 Å². The standard InChI is InChI=1S/C24H36O7/c1-22(2,3)15-10-14(28-9)11-16(23(4,5)6)20(15)30-21(27)18(26)12-17(25)19-13-29-24(7,8)31-19/h10-11,17,19,25H,12-13H2,1-9H3/t17-,19+/m0/s1. The number of benzene rings is 1. The quantitative estimate of drug-likeness (QED) is 0.413. The van der Waals surface area contributed by atoms with Crippen molar-refractivity contribution in [2.45, 2.75) is 90.6 Å². The van der Waals surface area contributed by atoms with Crippen molar-refractivity contribution in [1.29, 1.82) is 0 Å². The Hall–Kier alpha value is -1.96. The van der Waals surface area contributed by atoms with E-state index < -0.39 is 36.2 Å². The first-order valence-corrected chi connectivity index (χ1v) is 10.5. The molecule has 0 bridgehead atoms. The molecule has 0 aliphatic carbocycles. The van der Waals surface area contributed by atoms with E-state index in [1.165, 1.54) is 0 Å². The molecule has 1 aliphatic rings. The van der Waals surface area contributed by atoms with Gasteiger partial charge in [-0.25, -0.2) is 4.79 Å². The van der Waals surface area contributed by atoms with Crippen LogP contribution in [0.3, 0.4) is 0 Å². The van der Waals surface area contributed by atoms with Crippen LogP contribution in [0.5, 0.6) is 11.5 Å². The summed E-state index contributed by atoms with van der Waals surface area (Å²) in [5.41, 5.74) is 0.779. The summed E-state index contributed by atoms with van der Waals surface area (Å²) < 4.78 is 22.1. The van der Waals surface area contributed by atoms with Gasteiger partial charge in [-0.3, -0.25) is 4.79 Å². The number of Topliss-reactive ketones (excluding diaryl/α,β-unsaturated/α-hetero) is 1. The minimum absolute atomic E-state index is 0.150. The van der Waals surface area contributed by atoms with Crippen molar-refractivity contribution in [2.24, 2.45) is 0 Å². The molecule has 0 aromatic heterocycles. The lowest BCUT2D eigenvalue weighted by molar-refractivity contribution is -0.156. The van der Waals surface area contributed by atoms with Crippen molar-refractivity contribution < 1.29 is 33.6 Å². The number of ether oxygens (including phenoxy) is 4. The second kappa shape index (κ2) is 8.88. The minimum atomic E-state index is -1.16. The van der Waals surface area contributed by atoms with Gasteiger partial charge in [-0.15, -0.1) is 0 Å². The van der Waals surface area contributed by atoms with Gasteiger partial charge in [0.15, 0.2) is 5.79 Å². The third-order valence-electron chi connectivity index (χ3n) is 5.19. The van der Waals surface area contributed by atoms with Crippen LogP contribution in [-0.4, -0.2) is 48.6 Å². The van der Waals surface area contributed by atoms with E-state index in [4.69, 9.17) is 18.9 Å². The average molecular weight is 437 g/mol. The molecule has 7 heteroatoms. The number of carbonyl (C=O) groups is 2. The predicted octanol–water partition coefficient (Wildman–Crippen LogP) is 3.67. The fourth-order valence-corrected chi connectivity index (χ4v) is 3.40. The maximum Gasteiger partial charge on any atom is 0.380 e. The number of ketones is 1. The van der Waals surface area contributed by atoms with Crippen molar-refractivity contribution >= 4 is 11.8 Å². The topological polar surface area (TPSA) is 91.3 Å². The molecule has 7 nitrogen and oxygen atoms in total. The Morgan fingerprint density at radius 1 is 1.13 bits per heavy atom. The molecule has 0 unspecified atom stereocenters. The molecule has 2 atom stereocenters. The molecule has 31 heavy (non-hydrogen) atoms. The fourth-order valence-electron chi connectivity index (χ4n) is 3.40. The summed E-state index contributed by atoms with van der Waals surface area (Å²) in [6, 6.07) is 3.64. The molecule has 1 aromatic rings. The van der Waals surface area contributed by atoms with Gasteiger partial charge < -0.3 is 24.1 Å². The van der Waals surface area contributed by atoms with Crippen molar-refractivity contribution in [3.8, 4) is 11.5 Å². The molecule has 1 fully saturated rings. The Labute approximate surface area is 185 Å². The minimum Gasteiger partial charge on any atom is -0.497 e. The molecule has 1 N–H and O–H groups in total. The van der Waals surface area contributed by atoms with Gasteiger partial charge in [-0.2, -0.15) is 0 Å². The summed E-state index contributed by atoms with van der Waals surface area (Å²) >= 11 is 0. The second-order valence-corrected chi connectivity index (χ2v) is 10.5. The number of aliphatic hydroxyl groups is 1. The SMILES string of the molecule is COc1cc(C(C)(C)C)c(OC(=O)C(=O)C[C@H](O)[C@H]2COC(C)(C)O2)c(C(C)(C)C)c1. The van der Waals surface area contributed by atoms with E-state index in [1.54, 1.807) is 21.0 Å². The largest absolute Gasteiger partial charge is 0.497 e. The number of hydrogen-bond donors (Lipinski definition) is 1. The number of aliphatic hydroxyl groups excluding tert-OH is 1. The van der Waals surface area contributed by atoms with Gasteiger partial charge in [0.05, 0.1) is 19.8 Å². The molecule has 1 saturated heterocycles. The van der Waals surface area contributed by atoms with Crippen LogP contribution in [0.15, 0.2) is 12.1 Å². The smallest absolute Gasteiger partial charge is 0.380 e. The normalized spacial score (nSPS) is 19.7. The lowest BCUT2D eigenvalue weighted by atomic mass is 9.79. The van der Waals surface area contributed by atoms with Gasteiger partial charge in [0.2, 0.25) is 5.78 Å². The van der Waals surface area contributed by atoms with Crippen molar-refractivity contribution in [3.63, 3.8) is 0 Å². The highest BCUT2D eigenvalue weighted by molar-refractivity contribution is 6.34. The number of esters is 1. The number of hydrogen-bond acceptors (Lipinski definition) is 7. The molecule has 0 radical (unpaired) electrons. The van der Waals surface area contributed by atoms with Gasteiger partial charge in [-0.05, 0) is 36.8 Å². The first kappa shape index (κ1) is 25.3. The Kier molecular flexibility index (Phi) is 7.25. The molecular weight excluding hydrogens is 400 g/mol. The van der Waals surface area contributed by atoms with E-state index >= 15 is 0 Å². The van der Waals surface area contributed by atoms with Gasteiger partial charge in [-0.1, -0.05) is 41.5 Å². The maximum atomic E-state index is 12.7. The zero-order valence-corrected chi connectivity index (χ0v) is 20.1. The molecule has 1 heterocycles. The van der Waals surface area contributed by atoms with Crippen LogP contribution in [-0.2, 0) is 29.9 Å². The summed E-state index contributed by atoms with van der Waals surface area (Å²) in [6.45, 7) is 15.6. The van der Waals surface area contributed by atoms with E-state index in [9.17, 15) is 14.7 Å². The van der Waals surface area contributed by atoms with Crippen molar-refractivity contribution in [3.05, 3.63) is 23.3 Å². The Morgan fingerprint density at radius 3 is 2.03 bits per heavy atom. The van der Waals surface area contributed by atoms with Gasteiger partial charge >= 0.3 is 5.97 Å². The summed E-state index contributed by atoms with van der Waals surface area (Å²) in [7, 11) is 1.58. The fraction of sp³-hybridized carbons (Fsp3) is 0.667. The Balaban J connectivity index is 2.29. The molecule has 0 amide bonds. The highest BCUT2D eigenvalue weighted by Gasteiger charge is 2.39. The maximum absolute atomic E-state index is 12.7. The summed E-state index contributed by atoms with van der Waals surface area (Å²) in [5, 5.41) is 10.4. The molecule has 1 aliphatic heterocycles. The lowest BCUT2D eigenvalue weighted by Crippen LogP contribution is -2.35. The first-order valence-electron chi connectivity index (χ1n) is 10.5. The van der Waals surface area contributed by atoms with Crippen LogP contribution in [0, 0.1) is 0 Å². The third kappa shape index (κ3) is 6.28. The van der Waals surface area contributed by atoms with Gasteiger partial charge in [0.25, 0.3) is 0 Å². The number of rotatable bonds is 6. The van der Waals surface area contributed by atoms with Crippen LogP contribution in [0.4, 0.5) is 0 Å². The molecule has 0 saturated carbocycles. The van der Waals surface area contributed by atoms with E-state index in [-0.39, 0.29) is 17.4 Å². The highest BCUT2D eigenvalue weighted by atomic mass is 16.7. The predicted molar refractivity (Wildman–Crippen MR) is 117 cm³/mol. The molecule has 0 spiro atoms. The zero-order valence-electron chi connectivity index (χ0n) is 20.1. The van der Waals surface area contributed by atoms with Crippen LogP contribution in [0.25, 0.3) is 0 Å². The molecule has 1 aromatic carbocycles. The third-order valence-corrected chi connectivity index (χ3v) is 5.19. The number of carbonyl (C=O) groups excluding carboxylic acids is 2. The Morgan fingerprint density at radius 2 is 1.65 bits per heavy atom. The number of methoxy groups -OCH3 is 1. The first-order chi connectivity index (χ1) is 14.0. The lowest BCUT2D eigenvalue weighted by Gasteiger charge is -2.29. The van der Waals surface area contributed by atoms with Crippen LogP contribution < -0.4 is 9.47 Å². The van der Waals surface area contributed by atoms with Crippen LogP contribution >= 0.6 is 0 Å². The molecule has 174 valence electrons. The van der Waals surface area contributed by atoms with Gasteiger partial charge in [0, 0.05) is 17.5 Å². The van der Waals surface area contributed by atoms with E-state index in [1.807, 2.05) is 53.7 Å². The molecule has 2 rings (SSSR count). The van der Waals surface area contributed by atoms with E-state index in [0.717, 1.165) is 11.1 Å². The average Bonchev–Trinajstić information content (AvgIpc) is 2.99. The van der Waals surface area contributed by atoms with E-state index in [2.05, 4.69) is 0 Å². The van der Waals surface area contributed by atoms with Crippen LogP contribution in [0.1, 0.15) is 72.9 Å². The monoisotopic (exact) mass is 436 g/mol. The zero-order chi connectivity index (χ0) is 23.8. The summed E-state index contributed by atoms with van der Waals surface area (Å²) in [6.07, 6.45) is -2.25. The summed E-state index contributed by atoms with van der Waals surface area (Å²) in [5.74, 6) is -1.66. The van der Waals surface area contributed by atoms with Gasteiger partial charge in [0.1, 0.15) is 17.6 Å². The Bertz CT molecular complexity index is 792. The van der Waals surface area contributed by atoms with Crippen molar-refractivity contribution in [1.82, 2.24) is 0 Å². The molecular formula is C24H36O7. The van der Waals surface area contributed by atoms with Crippen LogP contribution in [0.2, 0.25) is 0 Å². The highest BCUT2D eigenvalue weighted by Crippen LogP contribution is 2.42. The van der Waals surface area contributed by atoms with Crippen molar-refractivity contribution in [2.75, 3.05) is 13.7 Å². The second-order valence-electron chi connectivity index (χ2n) is 10.5. The summed E-state index contributed by atoms with van der Waals surface area (Å²) in [4.78, 5) is 25.3.